The Balaban J connectivity index is 2.67. The monoisotopic (exact) mass is 548 g/mol. The van der Waals surface area contributed by atoms with Gasteiger partial charge in [0.1, 0.15) is 5.75 Å². The Labute approximate surface area is 245 Å². The number of aryl methyl sites for hydroxylation is 4. The first kappa shape index (κ1) is 33.7. The van der Waals surface area contributed by atoms with E-state index >= 15 is 0 Å². The summed E-state index contributed by atoms with van der Waals surface area (Å²) in [5.74, 6) is -0.537. The van der Waals surface area contributed by atoms with E-state index in [4.69, 9.17) is 0 Å². The van der Waals surface area contributed by atoms with Gasteiger partial charge in [0.25, 0.3) is 0 Å². The lowest BCUT2D eigenvalue weighted by atomic mass is 9.82. The molecule has 40 heavy (non-hydrogen) atoms. The van der Waals surface area contributed by atoms with Crippen LogP contribution in [0.3, 0.4) is 0 Å². The van der Waals surface area contributed by atoms with E-state index in [2.05, 4.69) is 58.9 Å². The Kier molecular flexibility index (Phi) is 15.8. The van der Waals surface area contributed by atoms with Crippen molar-refractivity contribution in [2.75, 3.05) is 0 Å². The summed E-state index contributed by atoms with van der Waals surface area (Å²) in [6, 6.07) is 9.08. The van der Waals surface area contributed by atoms with Crippen LogP contribution in [0, 0.1) is 0 Å². The lowest BCUT2D eigenvalue weighted by Crippen LogP contribution is -2.07. The molecule has 0 heterocycles. The molecular weight excluding hydrogens is 492 g/mol. The minimum Gasteiger partial charge on any atom is -0.507 e. The Morgan fingerprint density at radius 1 is 0.675 bits per heavy atom. The molecule has 3 nitrogen and oxygen atoms in total. The predicted molar refractivity (Wildman–Crippen MR) is 172 cm³/mol. The van der Waals surface area contributed by atoms with Gasteiger partial charge in [-0.05, 0) is 90.8 Å². The molecule has 2 rings (SSSR count). The van der Waals surface area contributed by atoms with Crippen molar-refractivity contribution in [3.05, 3.63) is 69.3 Å². The van der Waals surface area contributed by atoms with Gasteiger partial charge in [0.15, 0.2) is 0 Å². The van der Waals surface area contributed by atoms with Crippen LogP contribution < -0.4 is 0 Å². The molecule has 1 atom stereocenters. The van der Waals surface area contributed by atoms with Crippen LogP contribution in [-0.4, -0.2) is 16.2 Å². The topological polar surface area (TPSA) is 57.5 Å². The molecule has 0 aromatic heterocycles. The summed E-state index contributed by atoms with van der Waals surface area (Å²) in [5.41, 5.74) is 8.08. The van der Waals surface area contributed by atoms with E-state index in [0.717, 1.165) is 99.3 Å². The van der Waals surface area contributed by atoms with Gasteiger partial charge in [0, 0.05) is 17.6 Å². The summed E-state index contributed by atoms with van der Waals surface area (Å²) in [6.07, 6.45) is 20.9. The Morgan fingerprint density at radius 2 is 1.12 bits per heavy atom. The molecule has 2 aromatic carbocycles. The highest BCUT2D eigenvalue weighted by atomic mass is 16.4. The van der Waals surface area contributed by atoms with E-state index in [0.29, 0.717) is 5.75 Å². The van der Waals surface area contributed by atoms with Crippen molar-refractivity contribution in [1.82, 2.24) is 0 Å². The standard InChI is InChI=1S/C37H56O3/c1-6-10-14-18-29-24-31(20-16-12-8-3)33(22-23-36(38)39)34(26-29)28(5)35-27-30(19-15-11-7-2)25-32(37(35)40)21-17-13-9-4/h22-28,40H,6-21H2,1-5H3,(H,38,39). The minimum atomic E-state index is -0.927. The first-order chi connectivity index (χ1) is 19.4. The number of hydrogen-bond acceptors (Lipinski definition) is 2. The predicted octanol–water partition coefficient (Wildman–Crippen LogP) is 10.6. The van der Waals surface area contributed by atoms with Gasteiger partial charge >= 0.3 is 5.97 Å². The van der Waals surface area contributed by atoms with Crippen LogP contribution in [0.5, 0.6) is 5.75 Å². The van der Waals surface area contributed by atoms with Crippen LogP contribution in [0.25, 0.3) is 6.08 Å². The number of aromatic hydroxyl groups is 1. The molecule has 2 N–H and O–H groups in total. The highest BCUT2D eigenvalue weighted by Crippen LogP contribution is 2.39. The molecule has 2 aromatic rings. The molecule has 0 amide bonds. The zero-order valence-electron chi connectivity index (χ0n) is 26.2. The molecule has 3 heteroatoms. The van der Waals surface area contributed by atoms with E-state index in [1.807, 2.05) is 0 Å². The van der Waals surface area contributed by atoms with Gasteiger partial charge in [-0.3, -0.25) is 0 Å². The first-order valence-corrected chi connectivity index (χ1v) is 16.3. The average molecular weight is 549 g/mol. The molecule has 0 aliphatic heterocycles. The van der Waals surface area contributed by atoms with Crippen LogP contribution in [0.2, 0.25) is 0 Å². The molecule has 0 spiro atoms. The summed E-state index contributed by atoms with van der Waals surface area (Å²) in [7, 11) is 0. The van der Waals surface area contributed by atoms with Crippen molar-refractivity contribution in [3.8, 4) is 5.75 Å². The van der Waals surface area contributed by atoms with E-state index in [1.54, 1.807) is 6.08 Å². The number of hydrogen-bond donors (Lipinski definition) is 2. The van der Waals surface area contributed by atoms with Gasteiger partial charge in [-0.2, -0.15) is 0 Å². The van der Waals surface area contributed by atoms with Crippen molar-refractivity contribution in [2.45, 2.75) is 143 Å². The third-order valence-electron chi connectivity index (χ3n) is 8.20. The minimum absolute atomic E-state index is 0.0412. The first-order valence-electron chi connectivity index (χ1n) is 16.3. The normalized spacial score (nSPS) is 12.3. The van der Waals surface area contributed by atoms with Crippen molar-refractivity contribution >= 4 is 12.0 Å². The molecule has 1 unspecified atom stereocenters. The summed E-state index contributed by atoms with van der Waals surface area (Å²) in [5, 5.41) is 21.1. The largest absolute Gasteiger partial charge is 0.507 e. The number of carboxylic acid groups (broad SMARTS) is 1. The highest BCUT2D eigenvalue weighted by Gasteiger charge is 2.21. The van der Waals surface area contributed by atoms with E-state index in [1.165, 1.54) is 48.4 Å². The molecule has 0 aliphatic rings. The molecule has 0 bridgehead atoms. The van der Waals surface area contributed by atoms with Crippen molar-refractivity contribution in [1.29, 1.82) is 0 Å². The zero-order valence-corrected chi connectivity index (χ0v) is 26.2. The fourth-order valence-corrected chi connectivity index (χ4v) is 5.78. The third kappa shape index (κ3) is 10.8. The van der Waals surface area contributed by atoms with Crippen molar-refractivity contribution in [2.24, 2.45) is 0 Å². The van der Waals surface area contributed by atoms with Gasteiger partial charge in [-0.25, -0.2) is 4.79 Å². The maximum atomic E-state index is 11.6. The Morgan fingerprint density at radius 3 is 1.62 bits per heavy atom. The second kappa shape index (κ2) is 18.7. The number of benzene rings is 2. The smallest absolute Gasteiger partial charge is 0.328 e. The highest BCUT2D eigenvalue weighted by molar-refractivity contribution is 5.86. The van der Waals surface area contributed by atoms with Gasteiger partial charge in [0.05, 0.1) is 0 Å². The fraction of sp³-hybridized carbons (Fsp3) is 0.595. The SMILES string of the molecule is CCCCCc1cc(CCCCC)c(O)c(C(C)c2cc(CCCCC)cc(CCCCC)c2C=CC(=O)O)c1. The number of rotatable bonds is 20. The number of phenols is 1. The van der Waals surface area contributed by atoms with Gasteiger partial charge in [-0.1, -0.05) is 110 Å². The molecule has 0 saturated carbocycles. The summed E-state index contributed by atoms with van der Waals surface area (Å²) < 4.78 is 0. The van der Waals surface area contributed by atoms with E-state index < -0.39 is 5.97 Å². The number of unbranched alkanes of at least 4 members (excludes halogenated alkanes) is 8. The lowest BCUT2D eigenvalue weighted by molar-refractivity contribution is -0.131. The maximum absolute atomic E-state index is 11.6. The zero-order chi connectivity index (χ0) is 29.3. The quantitative estimate of drug-likeness (QED) is 0.128. The van der Waals surface area contributed by atoms with Crippen LogP contribution in [0.15, 0.2) is 30.3 Å². The average Bonchev–Trinajstić information content (AvgIpc) is 2.93. The second-order valence-corrected chi connectivity index (χ2v) is 11.7. The summed E-state index contributed by atoms with van der Waals surface area (Å²) in [4.78, 5) is 11.6. The molecule has 0 fully saturated rings. The van der Waals surface area contributed by atoms with E-state index in [-0.39, 0.29) is 5.92 Å². The third-order valence-corrected chi connectivity index (χ3v) is 8.20. The van der Waals surface area contributed by atoms with Gasteiger partial charge < -0.3 is 10.2 Å². The molecule has 0 radical (unpaired) electrons. The maximum Gasteiger partial charge on any atom is 0.328 e. The summed E-state index contributed by atoms with van der Waals surface area (Å²) >= 11 is 0. The lowest BCUT2D eigenvalue weighted by Gasteiger charge is -2.23. The van der Waals surface area contributed by atoms with E-state index in [9.17, 15) is 15.0 Å². The Hall–Kier alpha value is -2.55. The van der Waals surface area contributed by atoms with Gasteiger partial charge in [0.2, 0.25) is 0 Å². The molecule has 222 valence electrons. The number of phenolic OH excluding ortho intramolecular Hbond substituents is 1. The number of aliphatic carboxylic acids is 1. The van der Waals surface area contributed by atoms with Crippen molar-refractivity contribution < 1.29 is 15.0 Å². The van der Waals surface area contributed by atoms with Crippen LogP contribution in [0.1, 0.15) is 157 Å². The Bertz CT molecular complexity index is 1070. The van der Waals surface area contributed by atoms with Crippen LogP contribution in [0.4, 0.5) is 0 Å². The summed E-state index contributed by atoms with van der Waals surface area (Å²) in [6.45, 7) is 11.1. The molecule has 0 saturated heterocycles. The molecule has 0 aliphatic carbocycles. The van der Waals surface area contributed by atoms with Crippen molar-refractivity contribution in [3.63, 3.8) is 0 Å². The molecular formula is C37H56O3. The van der Waals surface area contributed by atoms with Crippen LogP contribution >= 0.6 is 0 Å². The van der Waals surface area contributed by atoms with Gasteiger partial charge in [-0.15, -0.1) is 0 Å². The number of carbonyl (C=O) groups is 1. The second-order valence-electron chi connectivity index (χ2n) is 11.7. The fourth-order valence-electron chi connectivity index (χ4n) is 5.78. The van der Waals surface area contributed by atoms with Crippen LogP contribution in [-0.2, 0) is 30.5 Å². The number of carboxylic acids is 1.